The van der Waals surface area contributed by atoms with Crippen molar-refractivity contribution in [2.45, 2.75) is 258 Å². The van der Waals surface area contributed by atoms with Crippen LogP contribution in [0.1, 0.15) is 251 Å². The van der Waals surface area contributed by atoms with Crippen molar-refractivity contribution < 1.29 is 24.2 Å². The monoisotopic (exact) mass is 838 g/mol. The Balaban J connectivity index is 4.16. The first-order valence-electron chi connectivity index (χ1n) is 25.4. The van der Waals surface area contributed by atoms with E-state index in [1.807, 2.05) is 0 Å². The molecule has 0 spiro atoms. The number of esters is 1. The number of carboxylic acid groups (broad SMARTS) is 1. The predicted molar refractivity (Wildman–Crippen MR) is 258 cm³/mol. The highest BCUT2D eigenvalue weighted by molar-refractivity contribution is 5.80. The molecule has 0 saturated carbocycles. The lowest BCUT2D eigenvalue weighted by Crippen LogP contribution is -2.28. The highest BCUT2D eigenvalue weighted by Gasteiger charge is 2.14. The zero-order valence-electron chi connectivity index (χ0n) is 39.3. The molecule has 0 aromatic carbocycles. The van der Waals surface area contributed by atoms with Gasteiger partial charge in [-0.25, -0.2) is 0 Å². The van der Waals surface area contributed by atoms with Crippen molar-refractivity contribution in [3.05, 3.63) is 60.8 Å². The molecule has 0 bridgehead atoms. The predicted octanol–water partition coefficient (Wildman–Crippen LogP) is 16.4. The molecule has 0 aromatic rings. The fourth-order valence-corrected chi connectivity index (χ4v) is 7.38. The van der Waals surface area contributed by atoms with Gasteiger partial charge in [0.2, 0.25) is 5.91 Å². The van der Waals surface area contributed by atoms with Crippen LogP contribution in [-0.2, 0) is 19.1 Å². The zero-order valence-corrected chi connectivity index (χ0v) is 39.3. The number of carbonyl (C=O) groups excluding carboxylic acids is 2. The van der Waals surface area contributed by atoms with E-state index in [4.69, 9.17) is 9.84 Å². The molecule has 6 nitrogen and oxygen atoms in total. The van der Waals surface area contributed by atoms with Gasteiger partial charge < -0.3 is 15.2 Å². The number of allylic oxidation sites excluding steroid dienone is 10. The van der Waals surface area contributed by atoms with Gasteiger partial charge in [-0.2, -0.15) is 0 Å². The van der Waals surface area contributed by atoms with Gasteiger partial charge in [0.25, 0.3) is 0 Å². The van der Waals surface area contributed by atoms with Gasteiger partial charge in [0, 0.05) is 12.8 Å². The van der Waals surface area contributed by atoms with E-state index in [-0.39, 0.29) is 24.5 Å². The van der Waals surface area contributed by atoms with Crippen LogP contribution >= 0.6 is 0 Å². The number of hydrogen-bond donors (Lipinski definition) is 2. The van der Waals surface area contributed by atoms with Crippen LogP contribution in [0, 0.1) is 0 Å². The summed E-state index contributed by atoms with van der Waals surface area (Å²) >= 11 is 0. The van der Waals surface area contributed by atoms with E-state index in [2.05, 4.69) is 79.9 Å². The van der Waals surface area contributed by atoms with Crippen LogP contribution in [0.15, 0.2) is 60.8 Å². The molecule has 0 aliphatic heterocycles. The van der Waals surface area contributed by atoms with Gasteiger partial charge in [-0.05, 0) is 109 Å². The fourth-order valence-electron chi connectivity index (χ4n) is 7.38. The highest BCUT2D eigenvalue weighted by atomic mass is 16.5. The van der Waals surface area contributed by atoms with E-state index in [1.54, 1.807) is 0 Å². The number of carbonyl (C=O) groups is 3. The smallest absolute Gasteiger partial charge is 0.322 e. The van der Waals surface area contributed by atoms with Gasteiger partial charge in [-0.1, -0.05) is 190 Å². The summed E-state index contributed by atoms with van der Waals surface area (Å²) < 4.78 is 6.05. The van der Waals surface area contributed by atoms with Crippen LogP contribution in [0.2, 0.25) is 0 Å². The number of hydrogen-bond acceptors (Lipinski definition) is 4. The van der Waals surface area contributed by atoms with E-state index in [0.29, 0.717) is 12.8 Å². The summed E-state index contributed by atoms with van der Waals surface area (Å²) in [6, 6.07) is 0. The Morgan fingerprint density at radius 3 is 1.18 bits per heavy atom. The second kappa shape index (κ2) is 48.8. The molecule has 60 heavy (non-hydrogen) atoms. The number of amides is 1. The van der Waals surface area contributed by atoms with Gasteiger partial charge >= 0.3 is 11.9 Å². The standard InChI is InChI=1S/C54H95NO5/c1-3-5-7-9-11-13-15-17-19-20-21-22-23-24-25-26-28-30-32-34-36-41-45-49-54(59)60-51(47-43-39-37-40-44-48-52(56)55-50-53(57)58)46-42-38-35-33-31-29-27-18-16-14-12-10-8-6-4-2/h15-18,20-21,23-24,29,31,51H,3-14,19,22,25-28,30,32-50H2,1-2H3,(H,55,56)(H,57,58)/b17-15-,18-16-,21-20-,24-23-,31-29-. The first kappa shape index (κ1) is 57.1. The molecule has 0 aromatic heterocycles. The summed E-state index contributed by atoms with van der Waals surface area (Å²) in [4.78, 5) is 35.2. The summed E-state index contributed by atoms with van der Waals surface area (Å²) in [6.07, 6.45) is 65.0. The van der Waals surface area contributed by atoms with Crippen molar-refractivity contribution in [1.29, 1.82) is 0 Å². The molecule has 0 aliphatic rings. The van der Waals surface area contributed by atoms with Crippen LogP contribution in [0.25, 0.3) is 0 Å². The second-order valence-electron chi connectivity index (χ2n) is 17.1. The lowest BCUT2D eigenvalue weighted by molar-refractivity contribution is -0.150. The van der Waals surface area contributed by atoms with Crippen molar-refractivity contribution in [3.63, 3.8) is 0 Å². The van der Waals surface area contributed by atoms with E-state index < -0.39 is 5.97 Å². The third-order valence-electron chi connectivity index (χ3n) is 11.2. The minimum absolute atomic E-state index is 0.00442. The minimum atomic E-state index is -1.02. The molecule has 346 valence electrons. The molecule has 0 heterocycles. The van der Waals surface area contributed by atoms with Crippen LogP contribution in [-0.4, -0.2) is 35.6 Å². The molecule has 0 rings (SSSR count). The summed E-state index contributed by atoms with van der Waals surface area (Å²) in [6.45, 7) is 4.21. The molecular formula is C54H95NO5. The Morgan fingerprint density at radius 2 is 0.767 bits per heavy atom. The molecule has 6 heteroatoms. The number of unbranched alkanes of at least 4 members (excludes halogenated alkanes) is 25. The number of rotatable bonds is 46. The maximum absolute atomic E-state index is 12.8. The van der Waals surface area contributed by atoms with Gasteiger partial charge in [-0.15, -0.1) is 0 Å². The lowest BCUT2D eigenvalue weighted by atomic mass is 10.0. The maximum Gasteiger partial charge on any atom is 0.322 e. The first-order chi connectivity index (χ1) is 29.5. The van der Waals surface area contributed by atoms with E-state index in [0.717, 1.165) is 96.3 Å². The molecular weight excluding hydrogens is 743 g/mol. The SMILES string of the molecule is CCCCCCC/C=C\C/C=C\C/C=C\CCCCCCCCCCC(=O)OC(CCCCC/C=C\C/C=C\CCCCCCC)CCCCCCCC(=O)NCC(=O)O. The molecule has 0 fully saturated rings. The summed E-state index contributed by atoms with van der Waals surface area (Å²) in [5.41, 5.74) is 0. The number of ether oxygens (including phenoxy) is 1. The molecule has 0 saturated heterocycles. The average Bonchev–Trinajstić information content (AvgIpc) is 3.24. The van der Waals surface area contributed by atoms with Gasteiger partial charge in [0.05, 0.1) is 0 Å². The Kier molecular flexibility index (Phi) is 46.4. The minimum Gasteiger partial charge on any atom is -0.480 e. The number of aliphatic carboxylic acids is 1. The third kappa shape index (κ3) is 47.8. The first-order valence-corrected chi connectivity index (χ1v) is 25.4. The van der Waals surface area contributed by atoms with Crippen molar-refractivity contribution in [2.75, 3.05) is 6.54 Å². The quantitative estimate of drug-likeness (QED) is 0.0362. The molecule has 0 radical (unpaired) electrons. The van der Waals surface area contributed by atoms with Crippen molar-refractivity contribution in [3.8, 4) is 0 Å². The van der Waals surface area contributed by atoms with Crippen molar-refractivity contribution in [2.24, 2.45) is 0 Å². The normalized spacial score (nSPS) is 12.6. The molecule has 1 unspecified atom stereocenters. The van der Waals surface area contributed by atoms with Crippen LogP contribution in [0.5, 0.6) is 0 Å². The Hall–Kier alpha value is -2.89. The van der Waals surface area contributed by atoms with Gasteiger partial charge in [-0.3, -0.25) is 14.4 Å². The third-order valence-corrected chi connectivity index (χ3v) is 11.2. The summed E-state index contributed by atoms with van der Waals surface area (Å²) in [5.74, 6) is -1.25. The van der Waals surface area contributed by atoms with Gasteiger partial charge in [0.15, 0.2) is 0 Å². The zero-order chi connectivity index (χ0) is 43.7. The highest BCUT2D eigenvalue weighted by Crippen LogP contribution is 2.19. The van der Waals surface area contributed by atoms with E-state index in [9.17, 15) is 14.4 Å². The molecule has 2 N–H and O–H groups in total. The fraction of sp³-hybridized carbons (Fsp3) is 0.759. The second-order valence-corrected chi connectivity index (χ2v) is 17.1. The topological polar surface area (TPSA) is 92.7 Å². The summed E-state index contributed by atoms with van der Waals surface area (Å²) in [7, 11) is 0. The molecule has 0 aliphatic carbocycles. The summed E-state index contributed by atoms with van der Waals surface area (Å²) in [5, 5.41) is 11.1. The average molecular weight is 838 g/mol. The Bertz CT molecular complexity index is 1110. The molecule has 1 amide bonds. The van der Waals surface area contributed by atoms with E-state index in [1.165, 1.54) is 128 Å². The lowest BCUT2D eigenvalue weighted by Gasteiger charge is -2.18. The van der Waals surface area contributed by atoms with Gasteiger partial charge in [0.1, 0.15) is 12.6 Å². The van der Waals surface area contributed by atoms with Crippen LogP contribution in [0.4, 0.5) is 0 Å². The molecule has 1 atom stereocenters. The van der Waals surface area contributed by atoms with Crippen molar-refractivity contribution >= 4 is 17.8 Å². The van der Waals surface area contributed by atoms with Crippen LogP contribution < -0.4 is 5.32 Å². The van der Waals surface area contributed by atoms with Crippen molar-refractivity contribution in [1.82, 2.24) is 5.32 Å². The van der Waals surface area contributed by atoms with Crippen LogP contribution in [0.3, 0.4) is 0 Å². The van der Waals surface area contributed by atoms with E-state index >= 15 is 0 Å². The number of nitrogens with one attached hydrogen (secondary N) is 1. The maximum atomic E-state index is 12.8. The number of carboxylic acids is 1. The Labute approximate surface area is 371 Å². The Morgan fingerprint density at radius 1 is 0.433 bits per heavy atom. The largest absolute Gasteiger partial charge is 0.480 e.